The average molecular weight is 525 g/mol. The summed E-state index contributed by atoms with van der Waals surface area (Å²) < 4.78 is 21.5. The Morgan fingerprint density at radius 3 is 1.90 bits per heavy atom. The van der Waals surface area contributed by atoms with Gasteiger partial charge in [-0.15, -0.1) is 0 Å². The minimum Gasteiger partial charge on any atom is -0.497 e. The molecule has 1 N–H and O–H groups in total. The maximum absolute atomic E-state index is 12.7. The molecule has 0 aliphatic heterocycles. The molecular weight excluding hydrogens is 500 g/mol. The first kappa shape index (κ1) is 26.6. The van der Waals surface area contributed by atoms with E-state index >= 15 is 0 Å². The molecule has 0 spiro atoms. The molecule has 4 aromatic carbocycles. The summed E-state index contributed by atoms with van der Waals surface area (Å²) in [6.45, 7) is -0.270. The largest absolute Gasteiger partial charge is 0.497 e. The van der Waals surface area contributed by atoms with Crippen LogP contribution in [0.5, 0.6) is 23.0 Å². The zero-order chi connectivity index (χ0) is 27.5. The van der Waals surface area contributed by atoms with Gasteiger partial charge in [0.05, 0.1) is 24.5 Å². The van der Waals surface area contributed by atoms with E-state index in [4.69, 9.17) is 18.9 Å². The monoisotopic (exact) mass is 524 g/mol. The predicted molar refractivity (Wildman–Crippen MR) is 143 cm³/mol. The highest BCUT2D eigenvalue weighted by Gasteiger charge is 2.15. The van der Waals surface area contributed by atoms with Gasteiger partial charge in [-0.3, -0.25) is 4.79 Å². The summed E-state index contributed by atoms with van der Waals surface area (Å²) in [4.78, 5) is 37.3. The first-order valence-electron chi connectivity index (χ1n) is 11.8. The summed E-state index contributed by atoms with van der Waals surface area (Å²) in [6.07, 6.45) is 1.31. The number of rotatable bonds is 10. The van der Waals surface area contributed by atoms with Crippen LogP contribution >= 0.6 is 0 Å². The normalized spacial score (nSPS) is 10.5. The number of hydrogen-bond acceptors (Lipinski definition) is 8. The molecule has 0 atom stereocenters. The topological polar surface area (TPSA) is 113 Å². The van der Waals surface area contributed by atoms with Gasteiger partial charge in [0.2, 0.25) is 0 Å². The Morgan fingerprint density at radius 1 is 0.718 bits per heavy atom. The van der Waals surface area contributed by atoms with Gasteiger partial charge in [-0.05, 0) is 60.7 Å². The van der Waals surface area contributed by atoms with Gasteiger partial charge >= 0.3 is 11.9 Å². The summed E-state index contributed by atoms with van der Waals surface area (Å²) in [5, 5.41) is 3.94. The summed E-state index contributed by atoms with van der Waals surface area (Å²) in [7, 11) is 1.56. The molecular formula is C30H24N2O7. The summed E-state index contributed by atoms with van der Waals surface area (Å²) in [6, 6.07) is 28.1. The van der Waals surface area contributed by atoms with E-state index in [0.29, 0.717) is 28.2 Å². The molecule has 0 aromatic heterocycles. The van der Waals surface area contributed by atoms with Crippen molar-refractivity contribution in [3.63, 3.8) is 0 Å². The minimum absolute atomic E-state index is 0.0784. The van der Waals surface area contributed by atoms with Gasteiger partial charge < -0.3 is 18.9 Å². The van der Waals surface area contributed by atoms with Crippen molar-refractivity contribution in [2.45, 2.75) is 0 Å². The number of nitrogens with zero attached hydrogens (tertiary/aromatic N) is 1. The van der Waals surface area contributed by atoms with Crippen LogP contribution in [0.2, 0.25) is 0 Å². The Balaban J connectivity index is 1.45. The molecule has 9 heteroatoms. The van der Waals surface area contributed by atoms with Crippen molar-refractivity contribution in [2.24, 2.45) is 5.10 Å². The molecule has 0 fully saturated rings. The second kappa shape index (κ2) is 13.2. The molecule has 0 aliphatic rings. The van der Waals surface area contributed by atoms with Crippen LogP contribution in [0.4, 0.5) is 0 Å². The highest BCUT2D eigenvalue weighted by Crippen LogP contribution is 2.26. The van der Waals surface area contributed by atoms with Crippen molar-refractivity contribution in [1.82, 2.24) is 5.43 Å². The van der Waals surface area contributed by atoms with Gasteiger partial charge in [0.1, 0.15) is 23.0 Å². The molecule has 0 saturated carbocycles. The lowest BCUT2D eigenvalue weighted by Crippen LogP contribution is -2.24. The number of amides is 1. The lowest BCUT2D eigenvalue weighted by atomic mass is 10.2. The Labute approximate surface area is 224 Å². The summed E-state index contributed by atoms with van der Waals surface area (Å²) in [5.41, 5.74) is 3.41. The van der Waals surface area contributed by atoms with Gasteiger partial charge in [0.25, 0.3) is 5.91 Å². The Bertz CT molecular complexity index is 1450. The molecule has 4 aromatic rings. The van der Waals surface area contributed by atoms with Crippen molar-refractivity contribution in [3.8, 4) is 23.0 Å². The highest BCUT2D eigenvalue weighted by atomic mass is 16.5. The van der Waals surface area contributed by atoms with E-state index in [2.05, 4.69) is 10.5 Å². The number of methoxy groups -OCH3 is 1. The van der Waals surface area contributed by atoms with Crippen LogP contribution in [-0.4, -0.2) is 37.8 Å². The molecule has 0 aliphatic carbocycles. The van der Waals surface area contributed by atoms with Crippen molar-refractivity contribution >= 4 is 24.1 Å². The van der Waals surface area contributed by atoms with E-state index in [0.717, 1.165) is 0 Å². The quantitative estimate of drug-likeness (QED) is 0.139. The second-order valence-electron chi connectivity index (χ2n) is 7.97. The van der Waals surface area contributed by atoms with E-state index in [1.165, 1.54) is 18.3 Å². The lowest BCUT2D eigenvalue weighted by molar-refractivity contribution is -0.123. The molecule has 0 heterocycles. The molecule has 0 bridgehead atoms. The van der Waals surface area contributed by atoms with Crippen molar-refractivity contribution in [3.05, 3.63) is 120 Å². The van der Waals surface area contributed by atoms with E-state index in [9.17, 15) is 14.4 Å². The SMILES string of the molecule is COc1ccc(OCC(=O)N/N=C/c2ccc(OC(=O)c3ccccc3)cc2OC(=O)c2ccccc2)cc1. The number of hydrogen-bond donors (Lipinski definition) is 1. The molecule has 0 unspecified atom stereocenters. The van der Waals surface area contributed by atoms with Crippen LogP contribution in [0.25, 0.3) is 0 Å². The van der Waals surface area contributed by atoms with Crippen LogP contribution < -0.4 is 24.4 Å². The van der Waals surface area contributed by atoms with Crippen molar-refractivity contribution in [1.29, 1.82) is 0 Å². The van der Waals surface area contributed by atoms with Gasteiger partial charge in [-0.25, -0.2) is 15.0 Å². The number of nitrogens with one attached hydrogen (secondary N) is 1. The van der Waals surface area contributed by atoms with Crippen molar-refractivity contribution < 1.29 is 33.3 Å². The number of hydrazone groups is 1. The summed E-state index contributed by atoms with van der Waals surface area (Å²) >= 11 is 0. The fraction of sp³-hybridized carbons (Fsp3) is 0.0667. The minimum atomic E-state index is -0.617. The van der Waals surface area contributed by atoms with Crippen molar-refractivity contribution in [2.75, 3.05) is 13.7 Å². The Kier molecular flexibility index (Phi) is 9.01. The number of esters is 2. The van der Waals surface area contributed by atoms with Crippen LogP contribution in [0.1, 0.15) is 26.3 Å². The Morgan fingerprint density at radius 2 is 1.28 bits per heavy atom. The molecule has 0 saturated heterocycles. The highest BCUT2D eigenvalue weighted by molar-refractivity contribution is 5.94. The zero-order valence-electron chi connectivity index (χ0n) is 20.9. The molecule has 39 heavy (non-hydrogen) atoms. The van der Waals surface area contributed by atoms with E-state index < -0.39 is 17.8 Å². The number of carbonyl (C=O) groups is 3. The first-order valence-corrected chi connectivity index (χ1v) is 11.8. The third kappa shape index (κ3) is 7.77. The average Bonchev–Trinajstić information content (AvgIpc) is 2.98. The molecule has 196 valence electrons. The summed E-state index contributed by atoms with van der Waals surface area (Å²) in [5.74, 6) is -0.288. The Hall–Kier alpha value is -5.44. The first-order chi connectivity index (χ1) is 19.0. The molecule has 9 nitrogen and oxygen atoms in total. The predicted octanol–water partition coefficient (Wildman–Crippen LogP) is 4.66. The van der Waals surface area contributed by atoms with Gasteiger partial charge in [0, 0.05) is 11.6 Å². The van der Waals surface area contributed by atoms with Gasteiger partial charge in [-0.1, -0.05) is 36.4 Å². The van der Waals surface area contributed by atoms with E-state index in [1.54, 1.807) is 98.1 Å². The maximum Gasteiger partial charge on any atom is 0.343 e. The molecule has 0 radical (unpaired) electrons. The smallest absolute Gasteiger partial charge is 0.343 e. The standard InChI is InChI=1S/C30H24N2O7/c1-36-24-14-16-25(17-15-24)37-20-28(33)32-31-19-23-12-13-26(38-29(34)21-8-4-2-5-9-21)18-27(23)39-30(35)22-10-6-3-7-11-22/h2-19H,20H2,1H3,(H,32,33)/b31-19+. The fourth-order valence-electron chi connectivity index (χ4n) is 3.27. The van der Waals surface area contributed by atoms with Crippen LogP contribution in [0, 0.1) is 0 Å². The molecule has 1 amide bonds. The third-order valence-corrected chi connectivity index (χ3v) is 5.24. The van der Waals surface area contributed by atoms with Gasteiger partial charge in [0.15, 0.2) is 6.61 Å². The van der Waals surface area contributed by atoms with Gasteiger partial charge in [-0.2, -0.15) is 5.10 Å². The third-order valence-electron chi connectivity index (χ3n) is 5.24. The number of ether oxygens (including phenoxy) is 4. The lowest BCUT2D eigenvalue weighted by Gasteiger charge is -2.11. The second-order valence-corrected chi connectivity index (χ2v) is 7.97. The number of benzene rings is 4. The zero-order valence-corrected chi connectivity index (χ0v) is 20.9. The molecule has 4 rings (SSSR count). The van der Waals surface area contributed by atoms with Crippen LogP contribution in [0.15, 0.2) is 108 Å². The van der Waals surface area contributed by atoms with E-state index in [1.807, 2.05) is 0 Å². The maximum atomic E-state index is 12.7. The van der Waals surface area contributed by atoms with Crippen LogP contribution in [0.3, 0.4) is 0 Å². The number of carbonyl (C=O) groups excluding carboxylic acids is 3. The van der Waals surface area contributed by atoms with Crippen LogP contribution in [-0.2, 0) is 4.79 Å². The van der Waals surface area contributed by atoms with E-state index in [-0.39, 0.29) is 18.1 Å². The fourth-order valence-corrected chi connectivity index (χ4v) is 3.27.